The van der Waals surface area contributed by atoms with E-state index in [0.29, 0.717) is 5.56 Å². The fourth-order valence-corrected chi connectivity index (χ4v) is 1.70. The lowest BCUT2D eigenvalue weighted by molar-refractivity contribution is 0.0526. The molecule has 0 bridgehead atoms. The summed E-state index contributed by atoms with van der Waals surface area (Å²) in [5, 5.41) is 0. The summed E-state index contributed by atoms with van der Waals surface area (Å²) in [6, 6.07) is 4.36. The molecule has 5 heteroatoms. The van der Waals surface area contributed by atoms with Crippen LogP contribution in [0, 0.1) is 0 Å². The molecule has 2 amide bonds. The average molecular weight is 233 g/mol. The standard InChI is InChI=1S/C12H11NO4/c1-3-17-12(16)7-4-5-8-9(6-7)11(15)13(2)10(8)14/h4-6H,3H2,1-2H3. The molecule has 1 aromatic rings. The van der Waals surface area contributed by atoms with Gasteiger partial charge in [-0.15, -0.1) is 0 Å². The molecule has 2 rings (SSSR count). The molecule has 1 aliphatic heterocycles. The Bertz CT molecular complexity index is 521. The minimum Gasteiger partial charge on any atom is -0.462 e. The van der Waals surface area contributed by atoms with Gasteiger partial charge >= 0.3 is 5.97 Å². The number of amides is 2. The monoisotopic (exact) mass is 233 g/mol. The van der Waals surface area contributed by atoms with Gasteiger partial charge in [-0.3, -0.25) is 14.5 Å². The van der Waals surface area contributed by atoms with Crippen molar-refractivity contribution in [2.75, 3.05) is 13.7 Å². The second-order valence-electron chi connectivity index (χ2n) is 3.65. The zero-order valence-electron chi connectivity index (χ0n) is 9.52. The van der Waals surface area contributed by atoms with Gasteiger partial charge in [0.05, 0.1) is 23.3 Å². The van der Waals surface area contributed by atoms with E-state index in [9.17, 15) is 14.4 Å². The number of fused-ring (bicyclic) bond motifs is 1. The maximum atomic E-state index is 11.7. The highest BCUT2D eigenvalue weighted by molar-refractivity contribution is 6.21. The summed E-state index contributed by atoms with van der Waals surface area (Å²) in [4.78, 5) is 35.8. The van der Waals surface area contributed by atoms with Crippen LogP contribution in [0.15, 0.2) is 18.2 Å². The number of nitrogens with zero attached hydrogens (tertiary/aromatic N) is 1. The number of carbonyl (C=O) groups is 3. The smallest absolute Gasteiger partial charge is 0.338 e. The molecular formula is C12H11NO4. The van der Waals surface area contributed by atoms with Gasteiger partial charge in [0.15, 0.2) is 0 Å². The maximum absolute atomic E-state index is 11.7. The fraction of sp³-hybridized carbons (Fsp3) is 0.250. The van der Waals surface area contributed by atoms with Crippen molar-refractivity contribution in [2.24, 2.45) is 0 Å². The molecule has 1 aromatic carbocycles. The van der Waals surface area contributed by atoms with E-state index in [1.54, 1.807) is 6.92 Å². The first kappa shape index (κ1) is 11.3. The summed E-state index contributed by atoms with van der Waals surface area (Å²) in [5.74, 6) is -1.23. The highest BCUT2D eigenvalue weighted by atomic mass is 16.5. The molecule has 5 nitrogen and oxygen atoms in total. The average Bonchev–Trinajstić information content (AvgIpc) is 2.55. The predicted molar refractivity (Wildman–Crippen MR) is 58.8 cm³/mol. The number of carbonyl (C=O) groups excluding carboxylic acids is 3. The van der Waals surface area contributed by atoms with Crippen LogP contribution in [0.2, 0.25) is 0 Å². The Morgan fingerprint density at radius 1 is 1.24 bits per heavy atom. The maximum Gasteiger partial charge on any atom is 0.338 e. The van der Waals surface area contributed by atoms with Gasteiger partial charge in [0.2, 0.25) is 0 Å². The van der Waals surface area contributed by atoms with Crippen molar-refractivity contribution in [3.05, 3.63) is 34.9 Å². The minimum absolute atomic E-state index is 0.253. The van der Waals surface area contributed by atoms with E-state index in [1.807, 2.05) is 0 Å². The van der Waals surface area contributed by atoms with E-state index >= 15 is 0 Å². The van der Waals surface area contributed by atoms with Gasteiger partial charge in [-0.25, -0.2) is 4.79 Å². The molecule has 0 unspecified atom stereocenters. The Hall–Kier alpha value is -2.17. The van der Waals surface area contributed by atoms with Crippen LogP contribution < -0.4 is 0 Å². The second-order valence-corrected chi connectivity index (χ2v) is 3.65. The molecule has 0 saturated carbocycles. The van der Waals surface area contributed by atoms with Crippen molar-refractivity contribution < 1.29 is 19.1 Å². The second kappa shape index (κ2) is 4.01. The first-order chi connectivity index (χ1) is 8.06. The summed E-state index contributed by atoms with van der Waals surface area (Å²) in [7, 11) is 1.41. The van der Waals surface area contributed by atoms with Crippen molar-refractivity contribution in [1.82, 2.24) is 4.90 Å². The lowest BCUT2D eigenvalue weighted by Gasteiger charge is -2.03. The molecule has 0 fully saturated rings. The lowest BCUT2D eigenvalue weighted by Crippen LogP contribution is -2.24. The lowest BCUT2D eigenvalue weighted by atomic mass is 10.1. The largest absolute Gasteiger partial charge is 0.462 e. The predicted octanol–water partition coefficient (Wildman–Crippen LogP) is 1.09. The Kier molecular flexibility index (Phi) is 2.67. The van der Waals surface area contributed by atoms with Crippen LogP contribution >= 0.6 is 0 Å². The van der Waals surface area contributed by atoms with E-state index in [4.69, 9.17) is 4.74 Å². The molecule has 1 heterocycles. The SMILES string of the molecule is CCOC(=O)c1ccc2c(c1)C(=O)N(C)C2=O. The molecule has 0 spiro atoms. The Balaban J connectivity index is 2.43. The van der Waals surface area contributed by atoms with Crippen LogP contribution in [0.5, 0.6) is 0 Å². The third kappa shape index (κ3) is 1.69. The van der Waals surface area contributed by atoms with Crippen LogP contribution in [0.4, 0.5) is 0 Å². The van der Waals surface area contributed by atoms with Crippen LogP contribution in [0.25, 0.3) is 0 Å². The molecule has 0 aromatic heterocycles. The van der Waals surface area contributed by atoms with E-state index in [0.717, 1.165) is 4.90 Å². The Morgan fingerprint density at radius 2 is 1.88 bits per heavy atom. The highest BCUT2D eigenvalue weighted by Crippen LogP contribution is 2.22. The van der Waals surface area contributed by atoms with Gasteiger partial charge < -0.3 is 4.74 Å². The zero-order chi connectivity index (χ0) is 12.6. The number of benzene rings is 1. The van der Waals surface area contributed by atoms with Crippen LogP contribution in [-0.4, -0.2) is 36.3 Å². The van der Waals surface area contributed by atoms with Gasteiger partial charge in [-0.05, 0) is 25.1 Å². The molecule has 0 saturated heterocycles. The highest BCUT2D eigenvalue weighted by Gasteiger charge is 2.33. The van der Waals surface area contributed by atoms with Gasteiger partial charge in [-0.2, -0.15) is 0 Å². The molecule has 1 aliphatic rings. The van der Waals surface area contributed by atoms with Crippen molar-refractivity contribution in [2.45, 2.75) is 6.92 Å². The van der Waals surface area contributed by atoms with Crippen LogP contribution in [0.3, 0.4) is 0 Å². The molecular weight excluding hydrogens is 222 g/mol. The minimum atomic E-state index is -0.495. The normalized spacial score (nSPS) is 13.9. The first-order valence-corrected chi connectivity index (χ1v) is 5.19. The van der Waals surface area contributed by atoms with Crippen LogP contribution in [-0.2, 0) is 4.74 Å². The van der Waals surface area contributed by atoms with Crippen LogP contribution in [0.1, 0.15) is 38.0 Å². The van der Waals surface area contributed by atoms with Gasteiger partial charge in [0.1, 0.15) is 0 Å². The van der Waals surface area contributed by atoms with E-state index in [-0.39, 0.29) is 23.6 Å². The quantitative estimate of drug-likeness (QED) is 0.566. The first-order valence-electron chi connectivity index (χ1n) is 5.19. The summed E-state index contributed by atoms with van der Waals surface area (Å²) >= 11 is 0. The summed E-state index contributed by atoms with van der Waals surface area (Å²) in [6.07, 6.45) is 0. The molecule has 0 N–H and O–H groups in total. The third-order valence-corrected chi connectivity index (χ3v) is 2.60. The van der Waals surface area contributed by atoms with Gasteiger partial charge in [0.25, 0.3) is 11.8 Å². The van der Waals surface area contributed by atoms with E-state index in [1.165, 1.54) is 25.2 Å². The third-order valence-electron chi connectivity index (χ3n) is 2.60. The van der Waals surface area contributed by atoms with Crippen molar-refractivity contribution >= 4 is 17.8 Å². The number of hydrogen-bond donors (Lipinski definition) is 0. The molecule has 0 atom stereocenters. The Morgan fingerprint density at radius 3 is 2.53 bits per heavy atom. The molecule has 17 heavy (non-hydrogen) atoms. The Labute approximate surface area is 98.0 Å². The summed E-state index contributed by atoms with van der Waals surface area (Å²) < 4.78 is 4.83. The van der Waals surface area contributed by atoms with E-state index < -0.39 is 11.9 Å². The number of ether oxygens (including phenoxy) is 1. The van der Waals surface area contributed by atoms with Gasteiger partial charge in [0, 0.05) is 7.05 Å². The number of rotatable bonds is 2. The molecule has 0 radical (unpaired) electrons. The van der Waals surface area contributed by atoms with E-state index in [2.05, 4.69) is 0 Å². The summed E-state index contributed by atoms with van der Waals surface area (Å²) in [6.45, 7) is 1.97. The fourth-order valence-electron chi connectivity index (χ4n) is 1.70. The van der Waals surface area contributed by atoms with Crippen molar-refractivity contribution in [1.29, 1.82) is 0 Å². The number of hydrogen-bond acceptors (Lipinski definition) is 4. The number of imide groups is 1. The van der Waals surface area contributed by atoms with Crippen molar-refractivity contribution in [3.63, 3.8) is 0 Å². The van der Waals surface area contributed by atoms with Gasteiger partial charge in [-0.1, -0.05) is 0 Å². The molecule has 88 valence electrons. The van der Waals surface area contributed by atoms with Crippen molar-refractivity contribution in [3.8, 4) is 0 Å². The molecule has 0 aliphatic carbocycles. The summed E-state index contributed by atoms with van der Waals surface area (Å²) in [5.41, 5.74) is 0.857. The number of esters is 1. The zero-order valence-corrected chi connectivity index (χ0v) is 9.52. The topological polar surface area (TPSA) is 63.7 Å².